The van der Waals surface area contributed by atoms with Gasteiger partial charge in [-0.2, -0.15) is 0 Å². The van der Waals surface area contributed by atoms with Gasteiger partial charge in [0, 0.05) is 54.7 Å². The highest BCUT2D eigenvalue weighted by atomic mass is 35.5. The van der Waals surface area contributed by atoms with Crippen LogP contribution in [0.3, 0.4) is 0 Å². The number of hydrogen-bond acceptors (Lipinski definition) is 12. The Labute approximate surface area is 345 Å². The van der Waals surface area contributed by atoms with Crippen molar-refractivity contribution in [1.82, 2.24) is 0 Å². The number of esters is 1. The third kappa shape index (κ3) is 8.84. The standard InChI is InChI=1S/C43H44Cl2N2O11/c1-52-33-6-4-3-5-31(33)46-13-17-54-18-14-47(16-20-56-22-21-55-19-15-46)32-10-7-26(25-34(32)53-2)37-29-23-27(8-11-35(48)49)40(51)38(44)42(29)58-43-30(37)24-28-9-12-36(50)57-41(28)39(43)45/h3-7,10,23-25H,8-9,11-22H2,1-2H3,(H,48,49). The lowest BCUT2D eigenvalue weighted by atomic mass is 9.90. The molecule has 1 aliphatic carbocycles. The molecule has 58 heavy (non-hydrogen) atoms. The number of carbonyl (C=O) groups is 2. The highest BCUT2D eigenvalue weighted by Gasteiger charge is 2.30. The van der Waals surface area contributed by atoms with Gasteiger partial charge in [-0.3, -0.25) is 14.4 Å². The summed E-state index contributed by atoms with van der Waals surface area (Å²) in [5, 5.41) is 9.87. The summed E-state index contributed by atoms with van der Waals surface area (Å²) in [6.45, 7) is 5.11. The predicted molar refractivity (Wildman–Crippen MR) is 221 cm³/mol. The zero-order valence-electron chi connectivity index (χ0n) is 32.3. The first-order valence-corrected chi connectivity index (χ1v) is 19.8. The summed E-state index contributed by atoms with van der Waals surface area (Å²) in [4.78, 5) is 41.5. The second kappa shape index (κ2) is 18.7. The number of carboxylic acids is 1. The van der Waals surface area contributed by atoms with Crippen LogP contribution in [0.5, 0.6) is 17.2 Å². The molecule has 0 saturated carbocycles. The number of ether oxygens (including phenoxy) is 6. The molecule has 0 aromatic heterocycles. The first kappa shape index (κ1) is 41.1. The molecule has 15 heteroatoms. The van der Waals surface area contributed by atoms with Crippen LogP contribution in [0.25, 0.3) is 33.4 Å². The monoisotopic (exact) mass is 834 g/mol. The van der Waals surface area contributed by atoms with Crippen molar-refractivity contribution in [3.8, 4) is 39.7 Å². The number of carboxylic acid groups (broad SMARTS) is 1. The molecule has 7 rings (SSSR count). The molecule has 1 N–H and O–H groups in total. The summed E-state index contributed by atoms with van der Waals surface area (Å²) in [5.74, 6) is 0.132. The van der Waals surface area contributed by atoms with Gasteiger partial charge in [0.2, 0.25) is 5.43 Å². The normalized spacial score (nSPS) is 16.0. The van der Waals surface area contributed by atoms with Crippen molar-refractivity contribution in [3.05, 3.63) is 86.0 Å². The Hall–Kier alpha value is -5.05. The van der Waals surface area contributed by atoms with E-state index in [1.807, 2.05) is 48.5 Å². The second-order valence-electron chi connectivity index (χ2n) is 13.8. The molecule has 3 aromatic rings. The number of aliphatic carboxylic acids is 1. The first-order valence-electron chi connectivity index (χ1n) is 19.1. The van der Waals surface area contributed by atoms with Gasteiger partial charge in [-0.05, 0) is 60.4 Å². The molecule has 1 fully saturated rings. The van der Waals surface area contributed by atoms with Crippen molar-refractivity contribution in [2.75, 3.05) is 89.8 Å². The Morgan fingerprint density at radius 1 is 0.776 bits per heavy atom. The Kier molecular flexibility index (Phi) is 13.2. The highest BCUT2D eigenvalue weighted by molar-refractivity contribution is 6.38. The van der Waals surface area contributed by atoms with Gasteiger partial charge in [-0.25, -0.2) is 0 Å². The van der Waals surface area contributed by atoms with E-state index in [4.69, 9.17) is 56.0 Å². The molecular weight excluding hydrogens is 791 g/mol. The molecule has 4 aliphatic rings. The van der Waals surface area contributed by atoms with Crippen molar-refractivity contribution in [2.45, 2.75) is 25.7 Å². The fraction of sp³-hybridized carbons (Fsp3) is 0.372. The summed E-state index contributed by atoms with van der Waals surface area (Å²) < 4.78 is 41.6. The summed E-state index contributed by atoms with van der Waals surface area (Å²) in [6.07, 6.45) is 0.282. The van der Waals surface area contributed by atoms with Crippen LogP contribution in [0.2, 0.25) is 10.0 Å². The van der Waals surface area contributed by atoms with Crippen LogP contribution in [0.15, 0.2) is 63.8 Å². The molecule has 0 amide bonds. The van der Waals surface area contributed by atoms with Crippen LogP contribution in [0.4, 0.5) is 11.4 Å². The van der Waals surface area contributed by atoms with Crippen LogP contribution in [0, 0.1) is 0 Å². The van der Waals surface area contributed by atoms with Crippen LogP contribution in [0.1, 0.15) is 24.0 Å². The fourth-order valence-corrected chi connectivity index (χ4v) is 7.97. The van der Waals surface area contributed by atoms with Gasteiger partial charge in [0.05, 0.1) is 71.7 Å². The fourth-order valence-electron chi connectivity index (χ4n) is 7.40. The van der Waals surface area contributed by atoms with Gasteiger partial charge in [0.1, 0.15) is 21.5 Å². The lowest BCUT2D eigenvalue weighted by molar-refractivity contribution is -0.137. The summed E-state index contributed by atoms with van der Waals surface area (Å²) in [6, 6.07) is 17.2. The van der Waals surface area contributed by atoms with E-state index >= 15 is 0 Å². The number of aryl methyl sites for hydroxylation is 2. The molecule has 0 bridgehead atoms. The minimum absolute atomic E-state index is 0.0336. The third-order valence-electron chi connectivity index (χ3n) is 10.3. The first-order chi connectivity index (χ1) is 28.2. The van der Waals surface area contributed by atoms with Gasteiger partial charge in [-0.1, -0.05) is 41.4 Å². The Morgan fingerprint density at radius 3 is 2.07 bits per heavy atom. The summed E-state index contributed by atoms with van der Waals surface area (Å²) >= 11 is 13.6. The number of hydrogen-bond donors (Lipinski definition) is 1. The number of anilines is 2. The van der Waals surface area contributed by atoms with E-state index in [0.717, 1.165) is 17.1 Å². The van der Waals surface area contributed by atoms with Gasteiger partial charge in [-0.15, -0.1) is 0 Å². The average Bonchev–Trinajstić information content (AvgIpc) is 3.24. The van der Waals surface area contributed by atoms with E-state index in [1.165, 1.54) is 0 Å². The van der Waals surface area contributed by atoms with Crippen molar-refractivity contribution >= 4 is 57.5 Å². The largest absolute Gasteiger partial charge is 0.495 e. The van der Waals surface area contributed by atoms with Crippen molar-refractivity contribution in [1.29, 1.82) is 0 Å². The van der Waals surface area contributed by atoms with E-state index in [-0.39, 0.29) is 52.0 Å². The van der Waals surface area contributed by atoms with Gasteiger partial charge in [0.25, 0.3) is 0 Å². The van der Waals surface area contributed by atoms with Gasteiger partial charge >= 0.3 is 11.9 Å². The van der Waals surface area contributed by atoms with Crippen LogP contribution in [-0.4, -0.2) is 97.1 Å². The number of carbonyl (C=O) groups excluding carboxylic acids is 1. The number of rotatable bonds is 8. The topological polar surface area (TPSA) is 146 Å². The third-order valence-corrected chi connectivity index (χ3v) is 11.0. The maximum Gasteiger partial charge on any atom is 0.311 e. The average molecular weight is 836 g/mol. The molecule has 0 atom stereocenters. The molecule has 3 aliphatic heterocycles. The van der Waals surface area contributed by atoms with E-state index in [2.05, 4.69) is 9.80 Å². The minimum Gasteiger partial charge on any atom is -0.495 e. The van der Waals surface area contributed by atoms with E-state index in [9.17, 15) is 19.5 Å². The van der Waals surface area contributed by atoms with E-state index < -0.39 is 17.4 Å². The molecule has 13 nitrogen and oxygen atoms in total. The Balaban J connectivity index is 1.25. The Morgan fingerprint density at radius 2 is 1.41 bits per heavy atom. The van der Waals surface area contributed by atoms with Crippen LogP contribution in [-0.2, 0) is 36.6 Å². The summed E-state index contributed by atoms with van der Waals surface area (Å²) in [5.41, 5.74) is 4.15. The number of benzene rings is 4. The SMILES string of the molecule is COc1ccccc1N1CCOCCOCCN(c2ccc(-c3c4cc(CCC(=O)O)c(=O)c(Cl)c-4oc4c(Cl)c5c(cc34)CCC(=O)O5)cc2OC)CCOCC1. The number of fused-ring (bicyclic) bond motifs is 3. The lowest BCUT2D eigenvalue weighted by Crippen LogP contribution is -2.33. The smallest absolute Gasteiger partial charge is 0.311 e. The summed E-state index contributed by atoms with van der Waals surface area (Å²) in [7, 11) is 3.25. The molecule has 3 aromatic carbocycles. The quantitative estimate of drug-likeness (QED) is 0.0962. The molecule has 1 saturated heterocycles. The zero-order chi connectivity index (χ0) is 40.8. The molecule has 306 valence electrons. The van der Waals surface area contributed by atoms with E-state index in [1.54, 1.807) is 20.3 Å². The molecule has 0 radical (unpaired) electrons. The molecular formula is C43H44Cl2N2O11. The van der Waals surface area contributed by atoms with Crippen molar-refractivity contribution in [3.63, 3.8) is 0 Å². The second-order valence-corrected chi connectivity index (χ2v) is 14.6. The Bertz CT molecular complexity index is 2330. The lowest BCUT2D eigenvalue weighted by Gasteiger charge is -2.28. The molecule has 0 unspecified atom stereocenters. The maximum absolute atomic E-state index is 13.4. The zero-order valence-corrected chi connectivity index (χ0v) is 33.8. The van der Waals surface area contributed by atoms with Gasteiger partial charge in [0.15, 0.2) is 17.1 Å². The van der Waals surface area contributed by atoms with Crippen LogP contribution < -0.4 is 29.4 Å². The van der Waals surface area contributed by atoms with Gasteiger partial charge < -0.3 is 47.7 Å². The molecule has 0 spiro atoms. The predicted octanol–water partition coefficient (Wildman–Crippen LogP) is 7.13. The maximum atomic E-state index is 13.4. The van der Waals surface area contributed by atoms with Crippen LogP contribution >= 0.6 is 23.2 Å². The van der Waals surface area contributed by atoms with E-state index in [0.29, 0.717) is 106 Å². The number of halogens is 2. The number of nitrogens with zero attached hydrogens (tertiary/aromatic N) is 2. The van der Waals surface area contributed by atoms with Crippen molar-refractivity contribution in [2.24, 2.45) is 0 Å². The molecule has 3 heterocycles. The number of methoxy groups -OCH3 is 2. The van der Waals surface area contributed by atoms with Crippen molar-refractivity contribution < 1.29 is 47.5 Å². The highest BCUT2D eigenvalue weighted by Crippen LogP contribution is 2.49. The number of para-hydroxylation sites is 2. The minimum atomic E-state index is -1.05.